The molecule has 1 aliphatic rings. The lowest BCUT2D eigenvalue weighted by Crippen LogP contribution is -2.31. The minimum atomic E-state index is -0.212. The summed E-state index contributed by atoms with van der Waals surface area (Å²) < 4.78 is 0. The maximum absolute atomic E-state index is 12.1. The summed E-state index contributed by atoms with van der Waals surface area (Å²) in [5.41, 5.74) is 0.396. The topological polar surface area (TPSA) is 49.3 Å². The molecule has 1 fully saturated rings. The third-order valence-electron chi connectivity index (χ3n) is 3.75. The molecule has 0 saturated heterocycles. The summed E-state index contributed by atoms with van der Waals surface area (Å²) in [5, 5.41) is 13.0. The van der Waals surface area contributed by atoms with Crippen LogP contribution in [0.2, 0.25) is 10.0 Å². The van der Waals surface area contributed by atoms with Crippen LogP contribution in [-0.4, -0.2) is 24.2 Å². The summed E-state index contributed by atoms with van der Waals surface area (Å²) in [6.07, 6.45) is 3.20. The van der Waals surface area contributed by atoms with Crippen molar-refractivity contribution in [3.05, 3.63) is 33.8 Å². The van der Waals surface area contributed by atoms with Gasteiger partial charge in [-0.25, -0.2) is 0 Å². The first-order valence-corrected chi connectivity index (χ1v) is 7.21. The van der Waals surface area contributed by atoms with Crippen molar-refractivity contribution in [1.82, 2.24) is 5.32 Å². The Hall–Kier alpha value is -0.770. The lowest BCUT2D eigenvalue weighted by molar-refractivity contribution is 0.0938. The van der Waals surface area contributed by atoms with E-state index in [-0.39, 0.29) is 12.5 Å². The van der Waals surface area contributed by atoms with Crippen LogP contribution in [-0.2, 0) is 0 Å². The maximum atomic E-state index is 12.1. The van der Waals surface area contributed by atoms with Crippen molar-refractivity contribution < 1.29 is 9.90 Å². The maximum Gasteiger partial charge on any atom is 0.252 e. The number of hydrogen-bond acceptors (Lipinski definition) is 2. The Morgan fingerprint density at radius 2 is 2.05 bits per heavy atom. The van der Waals surface area contributed by atoms with Gasteiger partial charge in [-0.2, -0.15) is 0 Å². The molecule has 1 saturated carbocycles. The molecule has 1 amide bonds. The zero-order valence-electron chi connectivity index (χ0n) is 10.5. The molecule has 19 heavy (non-hydrogen) atoms. The van der Waals surface area contributed by atoms with E-state index in [1.807, 2.05) is 0 Å². The van der Waals surface area contributed by atoms with Gasteiger partial charge in [-0.05, 0) is 42.9 Å². The van der Waals surface area contributed by atoms with E-state index in [9.17, 15) is 9.90 Å². The van der Waals surface area contributed by atoms with Gasteiger partial charge < -0.3 is 10.4 Å². The SMILES string of the molecule is O=C(NCC1CCCC1CO)c1cc(Cl)ccc1Cl. The molecule has 104 valence electrons. The van der Waals surface area contributed by atoms with Gasteiger partial charge in [0.15, 0.2) is 0 Å². The Kier molecular flexibility index (Phi) is 5.08. The average molecular weight is 302 g/mol. The van der Waals surface area contributed by atoms with E-state index in [0.717, 1.165) is 19.3 Å². The minimum Gasteiger partial charge on any atom is -0.396 e. The van der Waals surface area contributed by atoms with E-state index < -0.39 is 0 Å². The van der Waals surface area contributed by atoms with Crippen molar-refractivity contribution >= 4 is 29.1 Å². The highest BCUT2D eigenvalue weighted by atomic mass is 35.5. The number of benzene rings is 1. The molecule has 1 aliphatic carbocycles. The highest BCUT2D eigenvalue weighted by molar-refractivity contribution is 6.35. The monoisotopic (exact) mass is 301 g/mol. The molecule has 3 nitrogen and oxygen atoms in total. The van der Waals surface area contributed by atoms with Gasteiger partial charge in [-0.3, -0.25) is 4.79 Å². The van der Waals surface area contributed by atoms with Crippen LogP contribution in [0.25, 0.3) is 0 Å². The predicted molar refractivity (Wildman–Crippen MR) is 76.7 cm³/mol. The Labute approximate surface area is 122 Å². The number of halogens is 2. The van der Waals surface area contributed by atoms with E-state index in [4.69, 9.17) is 23.2 Å². The molecule has 0 bridgehead atoms. The molecule has 2 N–H and O–H groups in total. The number of hydrogen-bond donors (Lipinski definition) is 2. The molecular formula is C14H17Cl2NO2. The van der Waals surface area contributed by atoms with Crippen LogP contribution in [0.5, 0.6) is 0 Å². The molecule has 1 aromatic rings. The van der Waals surface area contributed by atoms with Gasteiger partial charge >= 0.3 is 0 Å². The number of nitrogens with one attached hydrogen (secondary N) is 1. The van der Waals surface area contributed by atoms with Crippen molar-refractivity contribution in [2.45, 2.75) is 19.3 Å². The molecule has 0 aromatic heterocycles. The number of amides is 1. The van der Waals surface area contributed by atoms with Gasteiger partial charge in [0.05, 0.1) is 10.6 Å². The van der Waals surface area contributed by atoms with Gasteiger partial charge in [0, 0.05) is 18.2 Å². The molecule has 5 heteroatoms. The predicted octanol–water partition coefficient (Wildman–Crippen LogP) is 3.13. The lowest BCUT2D eigenvalue weighted by atomic mass is 9.97. The van der Waals surface area contributed by atoms with Crippen LogP contribution in [0.1, 0.15) is 29.6 Å². The summed E-state index contributed by atoms with van der Waals surface area (Å²) in [4.78, 5) is 12.1. The summed E-state index contributed by atoms with van der Waals surface area (Å²) >= 11 is 11.8. The zero-order chi connectivity index (χ0) is 13.8. The van der Waals surface area contributed by atoms with Gasteiger partial charge in [0.1, 0.15) is 0 Å². The van der Waals surface area contributed by atoms with E-state index in [2.05, 4.69) is 5.32 Å². The summed E-state index contributed by atoms with van der Waals surface area (Å²) in [7, 11) is 0. The third kappa shape index (κ3) is 3.62. The fraction of sp³-hybridized carbons (Fsp3) is 0.500. The first-order chi connectivity index (χ1) is 9.11. The van der Waals surface area contributed by atoms with Crippen molar-refractivity contribution in [2.75, 3.05) is 13.2 Å². The molecule has 0 heterocycles. The largest absolute Gasteiger partial charge is 0.396 e. The highest BCUT2D eigenvalue weighted by Crippen LogP contribution is 2.30. The molecule has 1 aromatic carbocycles. The Balaban J connectivity index is 1.96. The van der Waals surface area contributed by atoms with Crippen molar-refractivity contribution in [2.24, 2.45) is 11.8 Å². The fourth-order valence-corrected chi connectivity index (χ4v) is 2.99. The first-order valence-electron chi connectivity index (χ1n) is 6.46. The van der Waals surface area contributed by atoms with Crippen LogP contribution in [0.3, 0.4) is 0 Å². The molecule has 2 rings (SSSR count). The molecule has 0 aliphatic heterocycles. The van der Waals surface area contributed by atoms with Crippen LogP contribution < -0.4 is 5.32 Å². The molecular weight excluding hydrogens is 285 g/mol. The quantitative estimate of drug-likeness (QED) is 0.897. The standard InChI is InChI=1S/C14H17Cl2NO2/c15-11-4-5-13(16)12(6-11)14(19)17-7-9-2-1-3-10(9)8-18/h4-6,9-10,18H,1-3,7-8H2,(H,17,19). The van der Waals surface area contributed by atoms with E-state index in [1.165, 1.54) is 0 Å². The Bertz CT molecular complexity index is 465. The number of carbonyl (C=O) groups excluding carboxylic acids is 1. The minimum absolute atomic E-state index is 0.193. The van der Waals surface area contributed by atoms with Crippen LogP contribution in [0.4, 0.5) is 0 Å². The second kappa shape index (κ2) is 6.60. The normalized spacial score (nSPS) is 22.5. The fourth-order valence-electron chi connectivity index (χ4n) is 2.61. The van der Waals surface area contributed by atoms with E-state index in [1.54, 1.807) is 18.2 Å². The molecule has 0 radical (unpaired) electrons. The molecule has 2 unspecified atom stereocenters. The zero-order valence-corrected chi connectivity index (χ0v) is 12.0. The van der Waals surface area contributed by atoms with Gasteiger partial charge in [0.2, 0.25) is 0 Å². The second-order valence-corrected chi connectivity index (χ2v) is 5.81. The molecule has 2 atom stereocenters. The molecule has 0 spiro atoms. The smallest absolute Gasteiger partial charge is 0.252 e. The number of aliphatic hydroxyl groups is 1. The first kappa shape index (κ1) is 14.6. The van der Waals surface area contributed by atoms with E-state index in [0.29, 0.717) is 34.0 Å². The average Bonchev–Trinajstić information content (AvgIpc) is 2.86. The number of carbonyl (C=O) groups is 1. The van der Waals surface area contributed by atoms with Crippen LogP contribution in [0.15, 0.2) is 18.2 Å². The highest BCUT2D eigenvalue weighted by Gasteiger charge is 2.27. The van der Waals surface area contributed by atoms with Gasteiger partial charge in [0.25, 0.3) is 5.91 Å². The Morgan fingerprint density at radius 1 is 1.32 bits per heavy atom. The second-order valence-electron chi connectivity index (χ2n) is 4.97. The summed E-state index contributed by atoms with van der Waals surface area (Å²) in [6, 6.07) is 4.84. The van der Waals surface area contributed by atoms with Crippen molar-refractivity contribution in [3.63, 3.8) is 0 Å². The number of rotatable bonds is 4. The summed E-state index contributed by atoms with van der Waals surface area (Å²) in [6.45, 7) is 0.769. The lowest BCUT2D eigenvalue weighted by Gasteiger charge is -2.18. The van der Waals surface area contributed by atoms with Crippen molar-refractivity contribution in [1.29, 1.82) is 0 Å². The number of aliphatic hydroxyl groups excluding tert-OH is 1. The third-order valence-corrected chi connectivity index (χ3v) is 4.31. The van der Waals surface area contributed by atoms with Gasteiger partial charge in [-0.15, -0.1) is 0 Å². The van der Waals surface area contributed by atoms with Crippen LogP contribution in [0, 0.1) is 11.8 Å². The summed E-state index contributed by atoms with van der Waals surface area (Å²) in [5.74, 6) is 0.443. The Morgan fingerprint density at radius 3 is 2.79 bits per heavy atom. The van der Waals surface area contributed by atoms with Crippen LogP contribution >= 0.6 is 23.2 Å². The van der Waals surface area contributed by atoms with Crippen molar-refractivity contribution in [3.8, 4) is 0 Å². The van der Waals surface area contributed by atoms with E-state index >= 15 is 0 Å². The van der Waals surface area contributed by atoms with Gasteiger partial charge in [-0.1, -0.05) is 29.6 Å².